The quantitative estimate of drug-likeness (QED) is 0.618. The number of hydrogen-bond donors (Lipinski definition) is 0. The van der Waals surface area contributed by atoms with Crippen LogP contribution >= 0.6 is 0 Å². The minimum absolute atomic E-state index is 0.0817. The van der Waals surface area contributed by atoms with Crippen LogP contribution in [0.2, 0.25) is 0 Å². The molecule has 5 heteroatoms. The number of morpholine rings is 1. The van der Waals surface area contributed by atoms with Gasteiger partial charge in [-0.2, -0.15) is 0 Å². The second-order valence-corrected chi connectivity index (χ2v) is 5.20. The van der Waals surface area contributed by atoms with Gasteiger partial charge in [-0.15, -0.1) is 0 Å². The molecule has 2 atom stereocenters. The van der Waals surface area contributed by atoms with Gasteiger partial charge in [0.25, 0.3) is 0 Å². The third kappa shape index (κ3) is 2.04. The van der Waals surface area contributed by atoms with E-state index in [2.05, 4.69) is 0 Å². The van der Waals surface area contributed by atoms with E-state index in [0.717, 1.165) is 0 Å². The maximum Gasteiger partial charge on any atom is 0.410 e. The Hall–Kier alpha value is -1.10. The molecule has 1 aliphatic carbocycles. The molecule has 2 aliphatic rings. The lowest BCUT2D eigenvalue weighted by Crippen LogP contribution is -2.64. The lowest BCUT2D eigenvalue weighted by atomic mass is 9.85. The third-order valence-corrected chi connectivity index (χ3v) is 2.74. The zero-order valence-electron chi connectivity index (χ0n) is 9.86. The zero-order chi connectivity index (χ0) is 11.9. The number of fused-ring (bicyclic) bond motifs is 1. The van der Waals surface area contributed by atoms with Crippen LogP contribution in [0.4, 0.5) is 4.79 Å². The number of hydrogen-bond acceptors (Lipinski definition) is 4. The predicted molar refractivity (Wildman–Crippen MR) is 56.1 cm³/mol. The molecule has 0 N–H and O–H groups in total. The van der Waals surface area contributed by atoms with Crippen molar-refractivity contribution in [2.45, 2.75) is 44.9 Å². The normalized spacial score (nSPS) is 29.4. The molecule has 0 spiro atoms. The van der Waals surface area contributed by atoms with E-state index >= 15 is 0 Å². The second-order valence-electron chi connectivity index (χ2n) is 5.20. The highest BCUT2D eigenvalue weighted by atomic mass is 16.6. The first-order valence-corrected chi connectivity index (χ1v) is 5.52. The number of Topliss-reactive ketones (excluding diaryl/α,β-unsaturated/α-hetero) is 1. The Labute approximate surface area is 94.7 Å². The highest BCUT2D eigenvalue weighted by Crippen LogP contribution is 2.29. The highest BCUT2D eigenvalue weighted by Gasteiger charge is 2.49. The van der Waals surface area contributed by atoms with Crippen LogP contribution in [0.5, 0.6) is 0 Å². The van der Waals surface area contributed by atoms with Crippen LogP contribution in [0.1, 0.15) is 27.2 Å². The van der Waals surface area contributed by atoms with Crippen molar-refractivity contribution in [3.8, 4) is 0 Å². The molecule has 0 aromatic carbocycles. The van der Waals surface area contributed by atoms with Crippen molar-refractivity contribution in [2.75, 3.05) is 13.2 Å². The molecule has 1 heterocycles. The summed E-state index contributed by atoms with van der Waals surface area (Å²) in [4.78, 5) is 24.7. The van der Waals surface area contributed by atoms with Crippen molar-refractivity contribution in [1.29, 1.82) is 0 Å². The van der Waals surface area contributed by atoms with Gasteiger partial charge in [-0.25, -0.2) is 4.79 Å². The molecule has 0 unspecified atom stereocenters. The average molecular weight is 227 g/mol. The molecule has 0 bridgehead atoms. The Morgan fingerprint density at radius 2 is 2.19 bits per heavy atom. The molecule has 1 amide bonds. The first-order chi connectivity index (χ1) is 7.38. The molecule has 1 saturated heterocycles. The first kappa shape index (κ1) is 11.4. The SMILES string of the molecule is CC(C)(C)OC(=O)N1CCO[C@H]2C(=O)C[C@H]21. The van der Waals surface area contributed by atoms with E-state index in [1.807, 2.05) is 20.8 Å². The smallest absolute Gasteiger partial charge is 0.410 e. The van der Waals surface area contributed by atoms with Crippen LogP contribution in [0, 0.1) is 0 Å². The summed E-state index contributed by atoms with van der Waals surface area (Å²) in [6.07, 6.45) is -0.372. The van der Waals surface area contributed by atoms with Crippen LogP contribution in [0.25, 0.3) is 0 Å². The molecule has 16 heavy (non-hydrogen) atoms. The second kappa shape index (κ2) is 3.73. The number of nitrogens with zero attached hydrogens (tertiary/aromatic N) is 1. The lowest BCUT2D eigenvalue weighted by molar-refractivity contribution is -0.161. The van der Waals surface area contributed by atoms with Gasteiger partial charge in [0.15, 0.2) is 5.78 Å². The molecule has 1 saturated carbocycles. The number of ether oxygens (including phenoxy) is 2. The van der Waals surface area contributed by atoms with E-state index in [1.54, 1.807) is 4.90 Å². The summed E-state index contributed by atoms with van der Waals surface area (Å²) < 4.78 is 10.6. The minimum Gasteiger partial charge on any atom is -0.444 e. The van der Waals surface area contributed by atoms with Gasteiger partial charge in [0.05, 0.1) is 12.6 Å². The van der Waals surface area contributed by atoms with Gasteiger partial charge in [-0.3, -0.25) is 9.69 Å². The van der Waals surface area contributed by atoms with E-state index in [-0.39, 0.29) is 17.9 Å². The number of carbonyl (C=O) groups excluding carboxylic acids is 2. The molecule has 2 fully saturated rings. The van der Waals surface area contributed by atoms with E-state index in [9.17, 15) is 9.59 Å². The van der Waals surface area contributed by atoms with Crippen molar-refractivity contribution in [3.05, 3.63) is 0 Å². The average Bonchev–Trinajstić information content (AvgIpc) is 2.13. The van der Waals surface area contributed by atoms with E-state index in [1.165, 1.54) is 0 Å². The van der Waals surface area contributed by atoms with Crippen LogP contribution < -0.4 is 0 Å². The molecular formula is C11H17NO4. The van der Waals surface area contributed by atoms with Gasteiger partial charge in [0.1, 0.15) is 11.7 Å². The maximum absolute atomic E-state index is 11.8. The summed E-state index contributed by atoms with van der Waals surface area (Å²) in [6, 6.07) is -0.115. The fourth-order valence-corrected chi connectivity index (χ4v) is 1.95. The Bertz CT molecular complexity index is 320. The summed E-state index contributed by atoms with van der Waals surface area (Å²) >= 11 is 0. The molecule has 0 aromatic heterocycles. The molecule has 5 nitrogen and oxygen atoms in total. The van der Waals surface area contributed by atoms with Crippen molar-refractivity contribution in [2.24, 2.45) is 0 Å². The number of ketones is 1. The number of carbonyl (C=O) groups is 2. The Morgan fingerprint density at radius 1 is 1.50 bits per heavy atom. The van der Waals surface area contributed by atoms with Crippen molar-refractivity contribution in [1.82, 2.24) is 4.90 Å². The minimum atomic E-state index is -0.501. The van der Waals surface area contributed by atoms with Gasteiger partial charge in [-0.1, -0.05) is 0 Å². The van der Waals surface area contributed by atoms with Crippen molar-refractivity contribution >= 4 is 11.9 Å². The fraction of sp³-hybridized carbons (Fsp3) is 0.818. The van der Waals surface area contributed by atoms with Crippen LogP contribution in [-0.2, 0) is 14.3 Å². The summed E-state index contributed by atoms with van der Waals surface area (Å²) in [7, 11) is 0. The largest absolute Gasteiger partial charge is 0.444 e. The number of rotatable bonds is 0. The Morgan fingerprint density at radius 3 is 2.75 bits per heavy atom. The summed E-state index contributed by atoms with van der Waals surface area (Å²) in [5, 5.41) is 0. The van der Waals surface area contributed by atoms with Crippen LogP contribution in [0.15, 0.2) is 0 Å². The molecule has 2 rings (SSSR count). The van der Waals surface area contributed by atoms with E-state index in [0.29, 0.717) is 19.6 Å². The topological polar surface area (TPSA) is 55.8 Å². The van der Waals surface area contributed by atoms with Gasteiger partial charge in [0, 0.05) is 13.0 Å². The monoisotopic (exact) mass is 227 g/mol. The van der Waals surface area contributed by atoms with Crippen molar-refractivity contribution in [3.63, 3.8) is 0 Å². The molecule has 1 aliphatic heterocycles. The van der Waals surface area contributed by atoms with E-state index < -0.39 is 11.7 Å². The van der Waals surface area contributed by atoms with Crippen LogP contribution in [-0.4, -0.2) is 47.7 Å². The molecule has 0 aromatic rings. The first-order valence-electron chi connectivity index (χ1n) is 5.52. The summed E-state index contributed by atoms with van der Waals surface area (Å²) in [5.41, 5.74) is -0.501. The fourth-order valence-electron chi connectivity index (χ4n) is 1.95. The summed E-state index contributed by atoms with van der Waals surface area (Å²) in [6.45, 7) is 6.40. The highest BCUT2D eigenvalue weighted by molar-refractivity contribution is 5.92. The molecular weight excluding hydrogens is 210 g/mol. The predicted octanol–water partition coefficient (Wildman–Crippen LogP) is 0.964. The van der Waals surface area contributed by atoms with Gasteiger partial charge in [-0.05, 0) is 20.8 Å². The Kier molecular flexibility index (Phi) is 2.66. The standard InChI is InChI=1S/C11H17NO4/c1-11(2,3)16-10(14)12-4-5-15-9-7(12)6-8(9)13/h7,9H,4-6H2,1-3H3/t7-,9-/m1/s1. The molecule has 0 radical (unpaired) electrons. The van der Waals surface area contributed by atoms with Gasteiger partial charge < -0.3 is 9.47 Å². The summed E-state index contributed by atoms with van der Waals surface area (Å²) in [5.74, 6) is 0.0817. The van der Waals surface area contributed by atoms with Gasteiger partial charge >= 0.3 is 6.09 Å². The molecule has 90 valence electrons. The Balaban J connectivity index is 1.99. The van der Waals surface area contributed by atoms with Crippen LogP contribution in [0.3, 0.4) is 0 Å². The van der Waals surface area contributed by atoms with Gasteiger partial charge in [0.2, 0.25) is 0 Å². The number of amides is 1. The lowest BCUT2D eigenvalue weighted by Gasteiger charge is -2.46. The van der Waals surface area contributed by atoms with E-state index in [4.69, 9.17) is 9.47 Å². The zero-order valence-corrected chi connectivity index (χ0v) is 9.86. The maximum atomic E-state index is 11.8. The third-order valence-electron chi connectivity index (χ3n) is 2.74. The van der Waals surface area contributed by atoms with Crippen molar-refractivity contribution < 1.29 is 19.1 Å².